The van der Waals surface area contributed by atoms with Crippen LogP contribution in [0.1, 0.15) is 18.2 Å². The summed E-state index contributed by atoms with van der Waals surface area (Å²) in [4.78, 5) is 26.9. The number of carbonyl (C=O) groups is 2. The van der Waals surface area contributed by atoms with Crippen molar-refractivity contribution in [3.63, 3.8) is 0 Å². The summed E-state index contributed by atoms with van der Waals surface area (Å²) in [6.45, 7) is 4.46. The Morgan fingerprint density at radius 3 is 2.72 bits per heavy atom. The van der Waals surface area contributed by atoms with E-state index in [0.717, 1.165) is 11.3 Å². The first kappa shape index (κ1) is 18.3. The average Bonchev–Trinajstić information content (AvgIpc) is 2.58. The highest BCUT2D eigenvalue weighted by Crippen LogP contribution is 2.16. The van der Waals surface area contributed by atoms with Crippen LogP contribution in [0, 0.1) is 6.92 Å². The number of pyridine rings is 1. The lowest BCUT2D eigenvalue weighted by atomic mass is 10.2. The molecular formula is C18H22N4O3. The largest absolute Gasteiger partial charge is 0.492 e. The van der Waals surface area contributed by atoms with E-state index in [1.54, 1.807) is 30.5 Å². The molecule has 0 saturated carbocycles. The van der Waals surface area contributed by atoms with Crippen molar-refractivity contribution in [3.05, 3.63) is 53.9 Å². The number of nitrogens with one attached hydrogen (secondary N) is 3. The predicted molar refractivity (Wildman–Crippen MR) is 95.5 cm³/mol. The van der Waals surface area contributed by atoms with Gasteiger partial charge < -0.3 is 20.7 Å². The van der Waals surface area contributed by atoms with Gasteiger partial charge in [0.1, 0.15) is 12.4 Å². The maximum Gasteiger partial charge on any atom is 0.315 e. The van der Waals surface area contributed by atoms with Gasteiger partial charge in [0.2, 0.25) is 5.91 Å². The molecule has 1 aromatic heterocycles. The third-order valence-electron chi connectivity index (χ3n) is 3.24. The smallest absolute Gasteiger partial charge is 0.315 e. The Morgan fingerprint density at radius 1 is 1.16 bits per heavy atom. The lowest BCUT2D eigenvalue weighted by Gasteiger charge is -2.10. The van der Waals surface area contributed by atoms with Crippen LogP contribution < -0.4 is 20.7 Å². The van der Waals surface area contributed by atoms with E-state index in [4.69, 9.17) is 4.74 Å². The number of aromatic nitrogens is 1. The molecule has 0 spiro atoms. The molecule has 0 aliphatic carbocycles. The molecule has 0 radical (unpaired) electrons. The number of amides is 3. The van der Waals surface area contributed by atoms with E-state index in [1.165, 1.54) is 6.92 Å². The normalized spacial score (nSPS) is 10.0. The maximum atomic E-state index is 11.7. The van der Waals surface area contributed by atoms with Crippen LogP contribution in [0.4, 0.5) is 10.5 Å². The van der Waals surface area contributed by atoms with Crippen molar-refractivity contribution in [2.24, 2.45) is 0 Å². The van der Waals surface area contributed by atoms with Crippen LogP contribution in [0.25, 0.3) is 0 Å². The molecule has 132 valence electrons. The van der Waals surface area contributed by atoms with Gasteiger partial charge in [0.05, 0.1) is 6.54 Å². The van der Waals surface area contributed by atoms with Crippen LogP contribution in [0.3, 0.4) is 0 Å². The van der Waals surface area contributed by atoms with Crippen molar-refractivity contribution >= 4 is 17.6 Å². The third-order valence-corrected chi connectivity index (χ3v) is 3.24. The molecule has 7 heteroatoms. The minimum Gasteiger partial charge on any atom is -0.492 e. The number of benzene rings is 1. The summed E-state index contributed by atoms with van der Waals surface area (Å²) in [5.74, 6) is 0.485. The molecule has 1 aromatic carbocycles. The number of hydrogen-bond acceptors (Lipinski definition) is 4. The van der Waals surface area contributed by atoms with Crippen LogP contribution in [-0.2, 0) is 11.3 Å². The highest BCUT2D eigenvalue weighted by atomic mass is 16.5. The van der Waals surface area contributed by atoms with Crippen molar-refractivity contribution in [2.75, 3.05) is 18.5 Å². The van der Waals surface area contributed by atoms with Crippen LogP contribution in [-0.4, -0.2) is 30.1 Å². The van der Waals surface area contributed by atoms with E-state index in [1.807, 2.05) is 19.1 Å². The second kappa shape index (κ2) is 9.27. The maximum absolute atomic E-state index is 11.7. The molecule has 1 heterocycles. The molecule has 3 amide bonds. The summed E-state index contributed by atoms with van der Waals surface area (Å²) < 4.78 is 5.55. The number of hydrogen-bond donors (Lipinski definition) is 3. The number of nitrogens with zero attached hydrogens (tertiary/aromatic N) is 1. The van der Waals surface area contributed by atoms with Gasteiger partial charge in [-0.3, -0.25) is 9.78 Å². The molecule has 0 aliphatic heterocycles. The molecule has 3 N–H and O–H groups in total. The van der Waals surface area contributed by atoms with Crippen molar-refractivity contribution in [2.45, 2.75) is 20.4 Å². The molecule has 0 aliphatic rings. The predicted octanol–water partition coefficient (Wildman–Crippen LogP) is 2.23. The molecular weight excluding hydrogens is 320 g/mol. The lowest BCUT2D eigenvalue weighted by Crippen LogP contribution is -2.37. The number of rotatable bonds is 7. The van der Waals surface area contributed by atoms with Gasteiger partial charge in [0.15, 0.2) is 0 Å². The molecule has 7 nitrogen and oxygen atoms in total. The van der Waals surface area contributed by atoms with Gasteiger partial charge in [-0.25, -0.2) is 4.79 Å². The highest BCUT2D eigenvalue weighted by Gasteiger charge is 2.02. The second-order valence-corrected chi connectivity index (χ2v) is 5.47. The molecule has 25 heavy (non-hydrogen) atoms. The van der Waals surface area contributed by atoms with Crippen molar-refractivity contribution in [1.29, 1.82) is 0 Å². The Morgan fingerprint density at radius 2 is 2.00 bits per heavy atom. The Hall–Kier alpha value is -3.09. The van der Waals surface area contributed by atoms with Crippen molar-refractivity contribution < 1.29 is 14.3 Å². The minimum absolute atomic E-state index is 0.140. The fourth-order valence-corrected chi connectivity index (χ4v) is 2.05. The van der Waals surface area contributed by atoms with Crippen molar-refractivity contribution in [1.82, 2.24) is 15.6 Å². The number of aryl methyl sites for hydroxylation is 1. The summed E-state index contributed by atoms with van der Waals surface area (Å²) in [7, 11) is 0. The molecule has 2 aromatic rings. The van der Waals surface area contributed by atoms with E-state index < -0.39 is 0 Å². The summed E-state index contributed by atoms with van der Waals surface area (Å²) >= 11 is 0. The van der Waals surface area contributed by atoms with Gasteiger partial charge in [0, 0.05) is 37.1 Å². The summed E-state index contributed by atoms with van der Waals surface area (Å²) in [6.07, 6.45) is 1.74. The zero-order valence-corrected chi connectivity index (χ0v) is 14.3. The Kier molecular flexibility index (Phi) is 6.76. The number of urea groups is 1. The monoisotopic (exact) mass is 342 g/mol. The quantitative estimate of drug-likeness (QED) is 0.673. The van der Waals surface area contributed by atoms with Crippen LogP contribution in [0.15, 0.2) is 42.6 Å². The lowest BCUT2D eigenvalue weighted by molar-refractivity contribution is -0.114. The molecule has 2 rings (SSSR count). The topological polar surface area (TPSA) is 92.4 Å². The van der Waals surface area contributed by atoms with E-state index >= 15 is 0 Å². The van der Waals surface area contributed by atoms with Crippen LogP contribution in [0.2, 0.25) is 0 Å². The van der Waals surface area contributed by atoms with Crippen LogP contribution in [0.5, 0.6) is 5.75 Å². The first-order chi connectivity index (χ1) is 12.0. The van der Waals surface area contributed by atoms with Crippen molar-refractivity contribution in [3.8, 4) is 5.75 Å². The Balaban J connectivity index is 1.66. The minimum atomic E-state index is -0.267. The third kappa shape index (κ3) is 6.90. The number of ether oxygens (including phenoxy) is 1. The highest BCUT2D eigenvalue weighted by molar-refractivity contribution is 5.88. The summed E-state index contributed by atoms with van der Waals surface area (Å²) in [5, 5.41) is 8.16. The van der Waals surface area contributed by atoms with Gasteiger partial charge in [-0.05, 0) is 30.7 Å². The standard InChI is InChI=1S/C18H22N4O3/c1-13-6-7-15(11-20-13)12-21-18(24)19-8-9-25-17-5-3-4-16(10-17)22-14(2)23/h3-7,10-11H,8-9,12H2,1-2H3,(H,22,23)(H2,19,21,24). The molecule has 0 unspecified atom stereocenters. The van der Waals surface area contributed by atoms with E-state index in [2.05, 4.69) is 20.9 Å². The molecule has 0 bridgehead atoms. The van der Waals surface area contributed by atoms with Gasteiger partial charge in [-0.1, -0.05) is 12.1 Å². The van der Waals surface area contributed by atoms with E-state index in [-0.39, 0.29) is 11.9 Å². The fourth-order valence-electron chi connectivity index (χ4n) is 2.05. The first-order valence-corrected chi connectivity index (χ1v) is 7.96. The average molecular weight is 342 g/mol. The Labute approximate surface area is 146 Å². The van der Waals surface area contributed by atoms with Gasteiger partial charge in [-0.15, -0.1) is 0 Å². The van der Waals surface area contributed by atoms with Gasteiger partial charge in [0.25, 0.3) is 0 Å². The summed E-state index contributed by atoms with van der Waals surface area (Å²) in [5.41, 5.74) is 2.54. The van der Waals surface area contributed by atoms with Crippen LogP contribution >= 0.6 is 0 Å². The van der Waals surface area contributed by atoms with Gasteiger partial charge >= 0.3 is 6.03 Å². The SMILES string of the molecule is CC(=O)Nc1cccc(OCCNC(=O)NCc2ccc(C)nc2)c1. The molecule has 0 saturated heterocycles. The zero-order valence-electron chi connectivity index (χ0n) is 14.3. The number of anilines is 1. The number of carbonyl (C=O) groups excluding carboxylic acids is 2. The summed E-state index contributed by atoms with van der Waals surface area (Å²) in [6, 6.07) is 10.6. The fraction of sp³-hybridized carbons (Fsp3) is 0.278. The Bertz CT molecular complexity index is 717. The van der Waals surface area contributed by atoms with E-state index in [0.29, 0.717) is 31.1 Å². The molecule has 0 fully saturated rings. The van der Waals surface area contributed by atoms with E-state index in [9.17, 15) is 9.59 Å². The van der Waals surface area contributed by atoms with Gasteiger partial charge in [-0.2, -0.15) is 0 Å². The first-order valence-electron chi connectivity index (χ1n) is 7.96. The molecule has 0 atom stereocenters. The second-order valence-electron chi connectivity index (χ2n) is 5.47. The zero-order chi connectivity index (χ0) is 18.1.